The number of aryl methyl sites for hydroxylation is 1. The molecule has 0 aliphatic heterocycles. The van der Waals surface area contributed by atoms with Gasteiger partial charge in [0.25, 0.3) is 5.91 Å². The number of hydrogen-bond donors (Lipinski definition) is 2. The van der Waals surface area contributed by atoms with Gasteiger partial charge in [-0.25, -0.2) is 4.39 Å². The number of aliphatic hydroxyl groups is 1. The molecule has 1 amide bonds. The lowest BCUT2D eigenvalue weighted by molar-refractivity contribution is 0.0949. The third-order valence-electron chi connectivity index (χ3n) is 2.96. The molecule has 102 valence electrons. The maximum atomic E-state index is 13.7. The van der Waals surface area contributed by atoms with Crippen molar-refractivity contribution in [3.63, 3.8) is 0 Å². The minimum Gasteiger partial charge on any atom is -0.393 e. The van der Waals surface area contributed by atoms with Crippen molar-refractivity contribution in [2.45, 2.75) is 26.4 Å². The predicted octanol–water partition coefficient (Wildman–Crippen LogP) is 2.85. The highest BCUT2D eigenvalue weighted by Crippen LogP contribution is 2.32. The topological polar surface area (TPSA) is 49.3 Å². The van der Waals surface area contributed by atoms with Gasteiger partial charge in [0, 0.05) is 16.6 Å². The average molecular weight is 281 g/mol. The van der Waals surface area contributed by atoms with Crippen LogP contribution in [-0.4, -0.2) is 23.7 Å². The molecule has 0 saturated heterocycles. The Kier molecular flexibility index (Phi) is 4.17. The van der Waals surface area contributed by atoms with Crippen molar-refractivity contribution >= 4 is 27.3 Å². The van der Waals surface area contributed by atoms with Crippen LogP contribution >= 0.6 is 11.3 Å². The molecular formula is C14H16FNO2S. The lowest BCUT2D eigenvalue weighted by Gasteiger charge is -2.06. The third-order valence-corrected chi connectivity index (χ3v) is 4.21. The Morgan fingerprint density at radius 3 is 2.89 bits per heavy atom. The second-order valence-corrected chi connectivity index (χ2v) is 5.61. The monoisotopic (exact) mass is 281 g/mol. The molecule has 19 heavy (non-hydrogen) atoms. The van der Waals surface area contributed by atoms with E-state index in [-0.39, 0.29) is 11.7 Å². The van der Waals surface area contributed by atoms with E-state index >= 15 is 0 Å². The van der Waals surface area contributed by atoms with Crippen LogP contribution in [0.4, 0.5) is 4.39 Å². The van der Waals surface area contributed by atoms with Crippen molar-refractivity contribution in [3.8, 4) is 0 Å². The number of aliphatic hydroxyl groups excluding tert-OH is 1. The first-order valence-corrected chi connectivity index (χ1v) is 6.96. The van der Waals surface area contributed by atoms with Crippen LogP contribution in [0.5, 0.6) is 0 Å². The number of nitrogens with one attached hydrogen (secondary N) is 1. The Labute approximate surface area is 115 Å². The summed E-state index contributed by atoms with van der Waals surface area (Å²) in [6.45, 7) is 3.84. The highest BCUT2D eigenvalue weighted by atomic mass is 32.1. The van der Waals surface area contributed by atoms with Crippen LogP contribution in [0.15, 0.2) is 18.2 Å². The van der Waals surface area contributed by atoms with E-state index in [1.807, 2.05) is 6.07 Å². The van der Waals surface area contributed by atoms with Crippen LogP contribution in [0.1, 0.15) is 28.6 Å². The van der Waals surface area contributed by atoms with Gasteiger partial charge >= 0.3 is 0 Å². The summed E-state index contributed by atoms with van der Waals surface area (Å²) in [7, 11) is 0. The Morgan fingerprint density at radius 1 is 1.53 bits per heavy atom. The highest BCUT2D eigenvalue weighted by Gasteiger charge is 2.17. The first kappa shape index (κ1) is 14.0. The third kappa shape index (κ3) is 2.93. The number of hydrogen-bond acceptors (Lipinski definition) is 3. The molecule has 2 aromatic rings. The van der Waals surface area contributed by atoms with Crippen molar-refractivity contribution in [2.75, 3.05) is 6.54 Å². The molecule has 1 aromatic carbocycles. The normalized spacial score (nSPS) is 12.6. The molecule has 0 spiro atoms. The molecule has 3 nitrogen and oxygen atoms in total. The molecule has 0 saturated carbocycles. The SMILES string of the molecule is Cc1c(C(=O)NCCC(C)O)sc2cccc(F)c12. The maximum absolute atomic E-state index is 13.7. The van der Waals surface area contributed by atoms with Gasteiger partial charge in [-0.1, -0.05) is 6.07 Å². The van der Waals surface area contributed by atoms with Gasteiger partial charge in [0.15, 0.2) is 0 Å². The van der Waals surface area contributed by atoms with E-state index in [0.29, 0.717) is 28.8 Å². The second kappa shape index (κ2) is 5.67. The van der Waals surface area contributed by atoms with E-state index in [1.54, 1.807) is 19.9 Å². The molecule has 0 radical (unpaired) electrons. The zero-order valence-electron chi connectivity index (χ0n) is 10.9. The Morgan fingerprint density at radius 2 is 2.26 bits per heavy atom. The molecule has 1 aromatic heterocycles. The van der Waals surface area contributed by atoms with E-state index in [2.05, 4.69) is 5.32 Å². The predicted molar refractivity (Wildman–Crippen MR) is 75.2 cm³/mol. The summed E-state index contributed by atoms with van der Waals surface area (Å²) in [4.78, 5) is 12.6. The number of fused-ring (bicyclic) bond motifs is 1. The van der Waals surface area contributed by atoms with E-state index in [1.165, 1.54) is 17.4 Å². The minimum absolute atomic E-state index is 0.209. The van der Waals surface area contributed by atoms with E-state index in [0.717, 1.165) is 4.70 Å². The molecule has 1 heterocycles. The van der Waals surface area contributed by atoms with Gasteiger partial charge < -0.3 is 10.4 Å². The summed E-state index contributed by atoms with van der Waals surface area (Å²) in [6.07, 6.45) is 0.0607. The van der Waals surface area contributed by atoms with Crippen molar-refractivity contribution in [1.82, 2.24) is 5.32 Å². The van der Waals surface area contributed by atoms with Crippen LogP contribution in [0.25, 0.3) is 10.1 Å². The summed E-state index contributed by atoms with van der Waals surface area (Å²) in [5.41, 5.74) is 0.674. The fourth-order valence-electron chi connectivity index (χ4n) is 1.94. The number of carbonyl (C=O) groups excluding carboxylic acids is 1. The van der Waals surface area contributed by atoms with Crippen LogP contribution in [0, 0.1) is 12.7 Å². The van der Waals surface area contributed by atoms with Gasteiger partial charge in [-0.15, -0.1) is 11.3 Å². The molecule has 5 heteroatoms. The van der Waals surface area contributed by atoms with E-state index in [4.69, 9.17) is 5.11 Å². The molecular weight excluding hydrogens is 265 g/mol. The van der Waals surface area contributed by atoms with Crippen LogP contribution in [0.2, 0.25) is 0 Å². The van der Waals surface area contributed by atoms with Crippen molar-refractivity contribution in [3.05, 3.63) is 34.5 Å². The van der Waals surface area contributed by atoms with Gasteiger partial charge in [-0.3, -0.25) is 4.79 Å². The largest absolute Gasteiger partial charge is 0.393 e. The number of benzene rings is 1. The number of thiophene rings is 1. The number of halogens is 1. The lowest BCUT2D eigenvalue weighted by Crippen LogP contribution is -2.26. The molecule has 0 aliphatic carbocycles. The van der Waals surface area contributed by atoms with Gasteiger partial charge in [-0.05, 0) is 38.0 Å². The zero-order chi connectivity index (χ0) is 14.0. The van der Waals surface area contributed by atoms with Crippen molar-refractivity contribution in [2.24, 2.45) is 0 Å². The van der Waals surface area contributed by atoms with Gasteiger partial charge in [0.2, 0.25) is 0 Å². The first-order chi connectivity index (χ1) is 9.00. The smallest absolute Gasteiger partial charge is 0.261 e. The highest BCUT2D eigenvalue weighted by molar-refractivity contribution is 7.21. The van der Waals surface area contributed by atoms with Crippen LogP contribution in [0.3, 0.4) is 0 Å². The zero-order valence-corrected chi connectivity index (χ0v) is 11.7. The Hall–Kier alpha value is -1.46. The van der Waals surface area contributed by atoms with E-state index in [9.17, 15) is 9.18 Å². The molecule has 0 bridgehead atoms. The number of amides is 1. The average Bonchev–Trinajstić information content (AvgIpc) is 2.67. The van der Waals surface area contributed by atoms with Gasteiger partial charge in [0.05, 0.1) is 11.0 Å². The second-order valence-electron chi connectivity index (χ2n) is 4.56. The minimum atomic E-state index is -0.443. The fourth-order valence-corrected chi connectivity index (χ4v) is 3.08. The molecule has 2 rings (SSSR count). The summed E-state index contributed by atoms with van der Waals surface area (Å²) in [5, 5.41) is 12.4. The van der Waals surface area contributed by atoms with Gasteiger partial charge in [0.1, 0.15) is 5.82 Å². The van der Waals surface area contributed by atoms with Crippen LogP contribution in [-0.2, 0) is 0 Å². The van der Waals surface area contributed by atoms with E-state index < -0.39 is 6.10 Å². The molecule has 2 N–H and O–H groups in total. The molecule has 1 unspecified atom stereocenters. The summed E-state index contributed by atoms with van der Waals surface area (Å²) in [6, 6.07) is 4.85. The molecule has 1 atom stereocenters. The molecule has 0 aliphatic rings. The lowest BCUT2D eigenvalue weighted by atomic mass is 10.1. The summed E-state index contributed by atoms with van der Waals surface area (Å²) in [5.74, 6) is -0.506. The Bertz CT molecular complexity index is 607. The first-order valence-electron chi connectivity index (χ1n) is 6.14. The fraction of sp³-hybridized carbons (Fsp3) is 0.357. The maximum Gasteiger partial charge on any atom is 0.261 e. The number of carbonyl (C=O) groups is 1. The molecule has 0 fully saturated rings. The standard InChI is InChI=1S/C14H16FNO2S/c1-8(17)6-7-16-14(18)13-9(2)12-10(15)4-3-5-11(12)19-13/h3-5,8,17H,6-7H2,1-2H3,(H,16,18). The number of rotatable bonds is 4. The van der Waals surface area contributed by atoms with Crippen molar-refractivity contribution in [1.29, 1.82) is 0 Å². The van der Waals surface area contributed by atoms with Gasteiger partial charge in [-0.2, -0.15) is 0 Å². The van der Waals surface area contributed by atoms with Crippen molar-refractivity contribution < 1.29 is 14.3 Å². The quantitative estimate of drug-likeness (QED) is 0.905. The summed E-state index contributed by atoms with van der Waals surface area (Å²) < 4.78 is 14.5. The van der Waals surface area contributed by atoms with Crippen LogP contribution < -0.4 is 5.32 Å². The summed E-state index contributed by atoms with van der Waals surface area (Å²) >= 11 is 1.29. The Balaban J connectivity index is 2.23.